The molecule has 1 amide bonds. The van der Waals surface area contributed by atoms with Crippen LogP contribution in [0.4, 0.5) is 5.69 Å². The summed E-state index contributed by atoms with van der Waals surface area (Å²) in [6.07, 6.45) is 0.404. The van der Waals surface area contributed by atoms with Crippen LogP contribution in [0.1, 0.15) is 27.8 Å². The van der Waals surface area contributed by atoms with Gasteiger partial charge in [-0.05, 0) is 62.1 Å². The monoisotopic (exact) mass is 345 g/mol. The fraction of sp³-hybridized carbons (Fsp3) is 0.278. The third kappa shape index (κ3) is 3.94. The van der Waals surface area contributed by atoms with Crippen molar-refractivity contribution in [3.05, 3.63) is 62.6 Å². The molecule has 0 bridgehead atoms. The van der Waals surface area contributed by atoms with Crippen LogP contribution in [-0.2, 0) is 11.2 Å². The zero-order valence-electron chi connectivity index (χ0n) is 12.9. The molecule has 0 heterocycles. The van der Waals surface area contributed by atoms with Gasteiger partial charge in [-0.2, -0.15) is 0 Å². The number of carbonyl (C=O) groups excluding carboxylic acids is 1. The molecule has 0 aliphatic rings. The maximum atomic E-state index is 12.2. The van der Waals surface area contributed by atoms with Gasteiger partial charge in [0.05, 0.1) is 6.42 Å². The predicted octanol–water partition coefficient (Wildman–Crippen LogP) is 4.86. The van der Waals surface area contributed by atoms with E-state index in [0.29, 0.717) is 6.42 Å². The third-order valence-corrected chi connectivity index (χ3v) is 4.83. The smallest absolute Gasteiger partial charge is 0.228 e. The van der Waals surface area contributed by atoms with Crippen molar-refractivity contribution in [2.75, 3.05) is 5.32 Å². The summed E-state index contributed by atoms with van der Waals surface area (Å²) in [6.45, 7) is 8.13. The summed E-state index contributed by atoms with van der Waals surface area (Å²) in [7, 11) is 0. The van der Waals surface area contributed by atoms with Crippen LogP contribution in [0.5, 0.6) is 0 Å². The molecule has 0 aliphatic carbocycles. The van der Waals surface area contributed by atoms with Crippen molar-refractivity contribution < 1.29 is 4.79 Å². The molecule has 3 heteroatoms. The van der Waals surface area contributed by atoms with Crippen LogP contribution in [0.2, 0.25) is 0 Å². The lowest BCUT2D eigenvalue weighted by atomic mass is 10.0. The highest BCUT2D eigenvalue weighted by Gasteiger charge is 2.09. The van der Waals surface area contributed by atoms with Crippen LogP contribution < -0.4 is 5.32 Å². The van der Waals surface area contributed by atoms with Crippen LogP contribution in [0.3, 0.4) is 0 Å². The van der Waals surface area contributed by atoms with Gasteiger partial charge in [0.15, 0.2) is 0 Å². The molecular weight excluding hydrogens is 326 g/mol. The maximum Gasteiger partial charge on any atom is 0.228 e. The first-order chi connectivity index (χ1) is 9.86. The molecule has 0 spiro atoms. The quantitative estimate of drug-likeness (QED) is 0.845. The Morgan fingerprint density at radius 3 is 2.24 bits per heavy atom. The first-order valence-corrected chi connectivity index (χ1v) is 7.79. The number of rotatable bonds is 3. The van der Waals surface area contributed by atoms with Gasteiger partial charge < -0.3 is 5.32 Å². The molecule has 0 saturated carbocycles. The summed E-state index contributed by atoms with van der Waals surface area (Å²) in [5.74, 6) is 0.0184. The number of amides is 1. The summed E-state index contributed by atoms with van der Waals surface area (Å²) in [5, 5.41) is 2.99. The van der Waals surface area contributed by atoms with Crippen molar-refractivity contribution in [2.45, 2.75) is 34.1 Å². The molecular formula is C18H20BrNO. The number of anilines is 1. The van der Waals surface area contributed by atoms with Crippen LogP contribution in [-0.4, -0.2) is 5.91 Å². The van der Waals surface area contributed by atoms with Crippen molar-refractivity contribution in [1.29, 1.82) is 0 Å². The van der Waals surface area contributed by atoms with E-state index in [1.807, 2.05) is 39.8 Å². The Bertz CT molecular complexity index is 669. The molecule has 21 heavy (non-hydrogen) atoms. The summed E-state index contributed by atoms with van der Waals surface area (Å²) in [5.41, 5.74) is 6.51. The van der Waals surface area contributed by atoms with E-state index in [4.69, 9.17) is 0 Å². The Balaban J connectivity index is 2.13. The Morgan fingerprint density at radius 2 is 1.62 bits per heavy atom. The molecule has 0 aromatic heterocycles. The topological polar surface area (TPSA) is 29.1 Å². The molecule has 0 atom stereocenters. The van der Waals surface area contributed by atoms with Gasteiger partial charge in [0, 0.05) is 10.2 Å². The Hall–Kier alpha value is -1.61. The summed E-state index contributed by atoms with van der Waals surface area (Å²) >= 11 is 3.54. The average Bonchev–Trinajstić information content (AvgIpc) is 2.40. The predicted molar refractivity (Wildman–Crippen MR) is 91.9 cm³/mol. The first-order valence-electron chi connectivity index (χ1n) is 6.99. The molecule has 2 aromatic carbocycles. The Morgan fingerprint density at radius 1 is 1.00 bits per heavy atom. The van der Waals surface area contributed by atoms with E-state index < -0.39 is 0 Å². The summed E-state index contributed by atoms with van der Waals surface area (Å²) in [4.78, 5) is 12.2. The van der Waals surface area contributed by atoms with Gasteiger partial charge in [-0.1, -0.05) is 39.7 Å². The van der Waals surface area contributed by atoms with E-state index in [1.54, 1.807) is 0 Å². The van der Waals surface area contributed by atoms with E-state index in [-0.39, 0.29) is 5.91 Å². The molecule has 0 fully saturated rings. The van der Waals surface area contributed by atoms with Crippen LogP contribution in [0.25, 0.3) is 0 Å². The lowest BCUT2D eigenvalue weighted by molar-refractivity contribution is -0.115. The maximum absolute atomic E-state index is 12.2. The molecule has 0 unspecified atom stereocenters. The van der Waals surface area contributed by atoms with E-state index >= 15 is 0 Å². The van der Waals surface area contributed by atoms with Gasteiger partial charge in [-0.3, -0.25) is 4.79 Å². The van der Waals surface area contributed by atoms with E-state index in [0.717, 1.165) is 32.4 Å². The zero-order chi connectivity index (χ0) is 15.6. The largest absolute Gasteiger partial charge is 0.326 e. The zero-order valence-corrected chi connectivity index (χ0v) is 14.5. The number of carbonyl (C=O) groups is 1. The van der Waals surface area contributed by atoms with E-state index in [2.05, 4.69) is 39.4 Å². The SMILES string of the molecule is Cc1ccc(C)c(CC(=O)Nc2cc(C)c(Br)c(C)c2)c1. The Kier molecular flexibility index (Phi) is 4.84. The molecule has 2 nitrogen and oxygen atoms in total. The second-order valence-corrected chi connectivity index (χ2v) is 6.37. The van der Waals surface area contributed by atoms with Crippen LogP contribution >= 0.6 is 15.9 Å². The standard InChI is InChI=1S/C18H20BrNO/c1-11-5-6-12(2)15(7-11)10-17(21)20-16-8-13(3)18(19)14(4)9-16/h5-9H,10H2,1-4H3,(H,20,21). The molecule has 0 aliphatic heterocycles. The molecule has 2 rings (SSSR count). The highest BCUT2D eigenvalue weighted by molar-refractivity contribution is 9.10. The van der Waals surface area contributed by atoms with Gasteiger partial charge in [-0.15, -0.1) is 0 Å². The van der Waals surface area contributed by atoms with Crippen molar-refractivity contribution in [2.24, 2.45) is 0 Å². The van der Waals surface area contributed by atoms with Crippen LogP contribution in [0.15, 0.2) is 34.8 Å². The van der Waals surface area contributed by atoms with Gasteiger partial charge in [0.2, 0.25) is 5.91 Å². The number of benzene rings is 2. The first kappa shape index (κ1) is 15.8. The third-order valence-electron chi connectivity index (χ3n) is 3.58. The fourth-order valence-electron chi connectivity index (χ4n) is 2.39. The van der Waals surface area contributed by atoms with Crippen molar-refractivity contribution in [3.63, 3.8) is 0 Å². The second-order valence-electron chi connectivity index (χ2n) is 5.58. The van der Waals surface area contributed by atoms with Crippen LogP contribution in [0, 0.1) is 27.7 Å². The highest BCUT2D eigenvalue weighted by Crippen LogP contribution is 2.25. The van der Waals surface area contributed by atoms with Crippen molar-refractivity contribution in [1.82, 2.24) is 0 Å². The van der Waals surface area contributed by atoms with Gasteiger partial charge in [0.25, 0.3) is 0 Å². The average molecular weight is 346 g/mol. The molecule has 0 radical (unpaired) electrons. The number of hydrogen-bond donors (Lipinski definition) is 1. The van der Waals surface area contributed by atoms with Gasteiger partial charge in [0.1, 0.15) is 0 Å². The summed E-state index contributed by atoms with van der Waals surface area (Å²) in [6, 6.07) is 10.2. The second kappa shape index (κ2) is 6.44. The minimum absolute atomic E-state index is 0.0184. The van der Waals surface area contributed by atoms with Crippen molar-refractivity contribution >= 4 is 27.5 Å². The summed E-state index contributed by atoms with van der Waals surface area (Å²) < 4.78 is 1.09. The van der Waals surface area contributed by atoms with E-state index in [1.165, 1.54) is 5.56 Å². The minimum atomic E-state index is 0.0184. The van der Waals surface area contributed by atoms with Gasteiger partial charge >= 0.3 is 0 Å². The van der Waals surface area contributed by atoms with Crippen molar-refractivity contribution in [3.8, 4) is 0 Å². The number of nitrogens with one attached hydrogen (secondary N) is 1. The highest BCUT2D eigenvalue weighted by atomic mass is 79.9. The normalized spacial score (nSPS) is 10.5. The molecule has 1 N–H and O–H groups in total. The number of aryl methyl sites for hydroxylation is 4. The molecule has 110 valence electrons. The van der Waals surface area contributed by atoms with Gasteiger partial charge in [-0.25, -0.2) is 0 Å². The number of hydrogen-bond acceptors (Lipinski definition) is 1. The Labute approximate surface area is 134 Å². The number of halogens is 1. The molecule has 0 saturated heterocycles. The van der Waals surface area contributed by atoms with E-state index in [9.17, 15) is 4.79 Å². The lowest BCUT2D eigenvalue weighted by Crippen LogP contribution is -2.15. The fourth-order valence-corrected chi connectivity index (χ4v) is 2.62. The minimum Gasteiger partial charge on any atom is -0.326 e. The molecule has 2 aromatic rings. The lowest BCUT2D eigenvalue weighted by Gasteiger charge is -2.11.